The summed E-state index contributed by atoms with van der Waals surface area (Å²) < 4.78 is 1.87. The van der Waals surface area contributed by atoms with Crippen molar-refractivity contribution in [3.8, 4) is 0 Å². The molecule has 0 saturated carbocycles. The summed E-state index contributed by atoms with van der Waals surface area (Å²) in [5.74, 6) is 0.555. The third kappa shape index (κ3) is 2.44. The standard InChI is InChI=1S/C10H13N5OS/c1-2-15-6-13-14-8(15)5-12-10(16)9-7(11)3-4-17-9/h3-4,6H,2,5,11H2,1H3,(H,12,16). The molecule has 2 aromatic rings. The molecule has 0 spiro atoms. The van der Waals surface area contributed by atoms with E-state index in [0.29, 0.717) is 17.1 Å². The number of nitrogens with two attached hydrogens (primary N) is 1. The summed E-state index contributed by atoms with van der Waals surface area (Å²) in [5.41, 5.74) is 6.17. The average Bonchev–Trinajstić information content (AvgIpc) is 2.94. The Morgan fingerprint density at radius 3 is 3.12 bits per heavy atom. The molecule has 0 atom stereocenters. The van der Waals surface area contributed by atoms with Crippen LogP contribution in [0.3, 0.4) is 0 Å². The predicted octanol–water partition coefficient (Wildman–Crippen LogP) is 0.872. The Labute approximate surface area is 102 Å². The monoisotopic (exact) mass is 251 g/mol. The molecule has 2 heterocycles. The number of nitrogens with zero attached hydrogens (tertiary/aromatic N) is 3. The molecule has 90 valence electrons. The predicted molar refractivity (Wildman–Crippen MR) is 65.6 cm³/mol. The van der Waals surface area contributed by atoms with Gasteiger partial charge in [0.2, 0.25) is 0 Å². The second-order valence-corrected chi connectivity index (χ2v) is 4.34. The molecule has 0 aromatic carbocycles. The van der Waals surface area contributed by atoms with Crippen molar-refractivity contribution in [2.24, 2.45) is 0 Å². The third-order valence-electron chi connectivity index (χ3n) is 2.35. The normalized spacial score (nSPS) is 10.4. The number of aromatic nitrogens is 3. The van der Waals surface area contributed by atoms with Crippen LogP contribution in [0.25, 0.3) is 0 Å². The number of nitrogen functional groups attached to an aromatic ring is 1. The van der Waals surface area contributed by atoms with E-state index in [1.165, 1.54) is 11.3 Å². The van der Waals surface area contributed by atoms with Crippen molar-refractivity contribution in [3.63, 3.8) is 0 Å². The fourth-order valence-electron chi connectivity index (χ4n) is 1.42. The maximum atomic E-state index is 11.8. The van der Waals surface area contributed by atoms with Crippen molar-refractivity contribution in [2.45, 2.75) is 20.0 Å². The minimum Gasteiger partial charge on any atom is -0.397 e. The van der Waals surface area contributed by atoms with Crippen LogP contribution in [-0.2, 0) is 13.1 Å². The number of amides is 1. The third-order valence-corrected chi connectivity index (χ3v) is 3.27. The maximum absolute atomic E-state index is 11.8. The summed E-state index contributed by atoms with van der Waals surface area (Å²) in [6, 6.07) is 1.72. The molecule has 0 saturated heterocycles. The van der Waals surface area contributed by atoms with Crippen molar-refractivity contribution in [1.82, 2.24) is 20.1 Å². The number of anilines is 1. The number of hydrogen-bond acceptors (Lipinski definition) is 5. The first kappa shape index (κ1) is 11.6. The Kier molecular flexibility index (Phi) is 3.38. The molecule has 1 amide bonds. The Hall–Kier alpha value is -1.89. The van der Waals surface area contributed by atoms with Gasteiger partial charge in [0.05, 0.1) is 12.2 Å². The molecule has 7 heteroatoms. The molecule has 0 aliphatic rings. The van der Waals surface area contributed by atoms with E-state index in [-0.39, 0.29) is 5.91 Å². The van der Waals surface area contributed by atoms with Crippen LogP contribution in [0.15, 0.2) is 17.8 Å². The fourth-order valence-corrected chi connectivity index (χ4v) is 2.16. The largest absolute Gasteiger partial charge is 0.397 e. The van der Waals surface area contributed by atoms with Gasteiger partial charge in [0.25, 0.3) is 5.91 Å². The topological polar surface area (TPSA) is 85.8 Å². The molecule has 6 nitrogen and oxygen atoms in total. The van der Waals surface area contributed by atoms with Gasteiger partial charge in [0.15, 0.2) is 5.82 Å². The lowest BCUT2D eigenvalue weighted by molar-refractivity contribution is 0.0954. The molecular weight excluding hydrogens is 238 g/mol. The zero-order chi connectivity index (χ0) is 12.3. The zero-order valence-electron chi connectivity index (χ0n) is 9.38. The SMILES string of the molecule is CCn1cnnc1CNC(=O)c1sccc1N. The highest BCUT2D eigenvalue weighted by Crippen LogP contribution is 2.18. The van der Waals surface area contributed by atoms with Gasteiger partial charge in [-0.2, -0.15) is 0 Å². The van der Waals surface area contributed by atoms with E-state index in [1.54, 1.807) is 17.8 Å². The fraction of sp³-hybridized carbons (Fsp3) is 0.300. The number of rotatable bonds is 4. The number of aryl methyl sites for hydroxylation is 1. The molecule has 0 aliphatic heterocycles. The van der Waals surface area contributed by atoms with Crippen molar-refractivity contribution < 1.29 is 4.79 Å². The molecule has 2 aromatic heterocycles. The highest BCUT2D eigenvalue weighted by molar-refractivity contribution is 7.12. The van der Waals surface area contributed by atoms with Crippen molar-refractivity contribution in [3.05, 3.63) is 28.5 Å². The lowest BCUT2D eigenvalue weighted by Gasteiger charge is -2.05. The van der Waals surface area contributed by atoms with Gasteiger partial charge in [0, 0.05) is 6.54 Å². The second kappa shape index (κ2) is 4.96. The first-order chi connectivity index (χ1) is 8.22. The van der Waals surface area contributed by atoms with Gasteiger partial charge in [-0.05, 0) is 18.4 Å². The molecule has 0 radical (unpaired) electrons. The quantitative estimate of drug-likeness (QED) is 0.844. The molecule has 0 fully saturated rings. The summed E-state index contributed by atoms with van der Waals surface area (Å²) in [6.45, 7) is 3.12. The van der Waals surface area contributed by atoms with Crippen LogP contribution in [0.2, 0.25) is 0 Å². The van der Waals surface area contributed by atoms with E-state index in [0.717, 1.165) is 12.4 Å². The number of carbonyl (C=O) groups is 1. The van der Waals surface area contributed by atoms with Crippen molar-refractivity contribution >= 4 is 22.9 Å². The molecule has 2 rings (SSSR count). The highest BCUT2D eigenvalue weighted by Gasteiger charge is 2.12. The average molecular weight is 251 g/mol. The molecule has 17 heavy (non-hydrogen) atoms. The summed E-state index contributed by atoms with van der Waals surface area (Å²) in [4.78, 5) is 12.3. The summed E-state index contributed by atoms with van der Waals surface area (Å²) in [7, 11) is 0. The Bertz CT molecular complexity index is 518. The van der Waals surface area contributed by atoms with Crippen molar-refractivity contribution in [2.75, 3.05) is 5.73 Å². The van der Waals surface area contributed by atoms with E-state index in [2.05, 4.69) is 15.5 Å². The number of carbonyl (C=O) groups excluding carboxylic acids is 1. The first-order valence-corrected chi connectivity index (χ1v) is 6.08. The number of nitrogens with one attached hydrogen (secondary N) is 1. The summed E-state index contributed by atoms with van der Waals surface area (Å²) in [6.07, 6.45) is 1.64. The highest BCUT2D eigenvalue weighted by atomic mass is 32.1. The van der Waals surface area contributed by atoms with E-state index in [9.17, 15) is 4.79 Å². The van der Waals surface area contributed by atoms with Crippen LogP contribution in [-0.4, -0.2) is 20.7 Å². The molecule has 3 N–H and O–H groups in total. The van der Waals surface area contributed by atoms with Crippen LogP contribution in [0.1, 0.15) is 22.4 Å². The van der Waals surface area contributed by atoms with Gasteiger partial charge < -0.3 is 15.6 Å². The molecule has 0 unspecified atom stereocenters. The van der Waals surface area contributed by atoms with Gasteiger partial charge in [-0.1, -0.05) is 0 Å². The van der Waals surface area contributed by atoms with Gasteiger partial charge >= 0.3 is 0 Å². The maximum Gasteiger partial charge on any atom is 0.263 e. The van der Waals surface area contributed by atoms with E-state index < -0.39 is 0 Å². The molecular formula is C10H13N5OS. The van der Waals surface area contributed by atoms with Crippen LogP contribution < -0.4 is 11.1 Å². The van der Waals surface area contributed by atoms with Gasteiger partial charge in [-0.15, -0.1) is 21.5 Å². The van der Waals surface area contributed by atoms with Gasteiger partial charge in [-0.25, -0.2) is 0 Å². The Balaban J connectivity index is 1.99. The number of thiophene rings is 1. The Morgan fingerprint density at radius 2 is 2.47 bits per heavy atom. The minimum absolute atomic E-state index is 0.178. The lowest BCUT2D eigenvalue weighted by atomic mass is 10.4. The van der Waals surface area contributed by atoms with E-state index in [1.807, 2.05) is 11.5 Å². The molecule has 0 bridgehead atoms. The second-order valence-electron chi connectivity index (χ2n) is 3.42. The lowest BCUT2D eigenvalue weighted by Crippen LogP contribution is -2.24. The summed E-state index contributed by atoms with van der Waals surface area (Å²) in [5, 5.41) is 12.3. The smallest absolute Gasteiger partial charge is 0.263 e. The van der Waals surface area contributed by atoms with E-state index in [4.69, 9.17) is 5.73 Å². The van der Waals surface area contributed by atoms with Crippen molar-refractivity contribution in [1.29, 1.82) is 0 Å². The van der Waals surface area contributed by atoms with Crippen LogP contribution in [0.4, 0.5) is 5.69 Å². The summed E-state index contributed by atoms with van der Waals surface area (Å²) >= 11 is 1.32. The zero-order valence-corrected chi connectivity index (χ0v) is 10.2. The van der Waals surface area contributed by atoms with Crippen LogP contribution in [0.5, 0.6) is 0 Å². The molecule has 0 aliphatic carbocycles. The van der Waals surface area contributed by atoms with E-state index >= 15 is 0 Å². The van der Waals surface area contributed by atoms with Crippen LogP contribution in [0, 0.1) is 0 Å². The minimum atomic E-state index is -0.178. The Morgan fingerprint density at radius 1 is 1.65 bits per heavy atom. The van der Waals surface area contributed by atoms with Gasteiger partial charge in [-0.3, -0.25) is 4.79 Å². The first-order valence-electron chi connectivity index (χ1n) is 5.20. The number of hydrogen-bond donors (Lipinski definition) is 2. The van der Waals surface area contributed by atoms with Gasteiger partial charge in [0.1, 0.15) is 11.2 Å². The van der Waals surface area contributed by atoms with Crippen LogP contribution >= 0.6 is 11.3 Å².